The summed E-state index contributed by atoms with van der Waals surface area (Å²) >= 11 is 0. The van der Waals surface area contributed by atoms with Gasteiger partial charge >= 0.3 is 0 Å². The van der Waals surface area contributed by atoms with Crippen LogP contribution in [0.4, 0.5) is 0 Å². The van der Waals surface area contributed by atoms with Gasteiger partial charge in [-0.2, -0.15) is 0 Å². The van der Waals surface area contributed by atoms with E-state index >= 15 is 0 Å². The number of phenolic OH excluding ortho intramolecular Hbond substituents is 1. The summed E-state index contributed by atoms with van der Waals surface area (Å²) < 4.78 is 0. The summed E-state index contributed by atoms with van der Waals surface area (Å²) in [5, 5.41) is 41.9. The van der Waals surface area contributed by atoms with Crippen molar-refractivity contribution in [3.63, 3.8) is 0 Å². The highest BCUT2D eigenvalue weighted by atomic mass is 16.4. The molecule has 1 aromatic rings. The molecule has 2 atom stereocenters. The second kappa shape index (κ2) is 15.9. The first-order valence-corrected chi connectivity index (χ1v) is 6.98. The first-order chi connectivity index (χ1) is 10.5. The van der Waals surface area contributed by atoms with E-state index in [2.05, 4.69) is 6.92 Å². The number of carbonyl (C=O) groups is 1. The Morgan fingerprint density at radius 3 is 1.77 bits per heavy atom. The molecule has 22 heavy (non-hydrogen) atoms. The Hall–Kier alpha value is -1.51. The topological polar surface area (TPSA) is 144 Å². The monoisotopic (exact) mass is 317 g/mol. The van der Waals surface area contributed by atoms with Crippen LogP contribution in [0.15, 0.2) is 24.3 Å². The van der Waals surface area contributed by atoms with Gasteiger partial charge < -0.3 is 31.3 Å². The second-order valence-electron chi connectivity index (χ2n) is 4.35. The van der Waals surface area contributed by atoms with Crippen molar-refractivity contribution < 1.29 is 30.3 Å². The number of aliphatic hydroxyl groups is 4. The minimum atomic E-state index is -1.22. The average Bonchev–Trinajstić information content (AvgIpc) is 2.56. The molecule has 0 spiro atoms. The van der Waals surface area contributed by atoms with Crippen LogP contribution >= 0.6 is 0 Å². The summed E-state index contributed by atoms with van der Waals surface area (Å²) in [4.78, 5) is 10.0. The predicted octanol–water partition coefficient (Wildman–Crippen LogP) is -0.357. The number of aldehydes is 1. The highest BCUT2D eigenvalue weighted by Crippen LogP contribution is 2.07. The fourth-order valence-corrected chi connectivity index (χ4v) is 1.00. The maximum Gasteiger partial charge on any atom is 0.150 e. The number of hydrogen-bond donors (Lipinski definition) is 6. The third kappa shape index (κ3) is 13.5. The molecule has 128 valence electrons. The fourth-order valence-electron chi connectivity index (χ4n) is 1.00. The van der Waals surface area contributed by atoms with E-state index in [0.717, 1.165) is 12.8 Å². The molecule has 0 bridgehead atoms. The van der Waals surface area contributed by atoms with Gasteiger partial charge in [0.2, 0.25) is 0 Å². The van der Waals surface area contributed by atoms with Crippen molar-refractivity contribution in [2.75, 3.05) is 19.8 Å². The summed E-state index contributed by atoms with van der Waals surface area (Å²) in [6, 6.07) is 6.07. The number of hydrogen-bond acceptors (Lipinski definition) is 7. The van der Waals surface area contributed by atoms with Crippen molar-refractivity contribution in [2.45, 2.75) is 32.0 Å². The van der Waals surface area contributed by atoms with Crippen LogP contribution in [0.2, 0.25) is 0 Å². The van der Waals surface area contributed by atoms with Gasteiger partial charge in [-0.3, -0.25) is 4.79 Å². The van der Waals surface area contributed by atoms with Crippen LogP contribution in [0.3, 0.4) is 0 Å². The Balaban J connectivity index is 0. The number of aromatic hydroxyl groups is 1. The summed E-state index contributed by atoms with van der Waals surface area (Å²) in [6.45, 7) is 1.92. The van der Waals surface area contributed by atoms with E-state index in [1.165, 1.54) is 25.0 Å². The smallest absolute Gasteiger partial charge is 0.150 e. The van der Waals surface area contributed by atoms with E-state index < -0.39 is 25.4 Å². The third-order valence-corrected chi connectivity index (χ3v) is 2.41. The number of nitrogens with two attached hydrogens (primary N) is 1. The maximum absolute atomic E-state index is 10.0. The van der Waals surface area contributed by atoms with Crippen LogP contribution in [0.25, 0.3) is 0 Å². The summed E-state index contributed by atoms with van der Waals surface area (Å²) in [7, 11) is 0. The van der Waals surface area contributed by atoms with Gasteiger partial charge in [-0.05, 0) is 37.2 Å². The molecular formula is C15H27NO6. The highest BCUT2D eigenvalue weighted by Gasteiger charge is 2.12. The standard InChI is InChI=1S/C7H6O2.C4H11N.C4H10O4/c8-5-6-1-3-7(9)4-2-6;1-2-3-4-5;5-1-3(7)4(8)2-6/h1-5,9H;2-5H2,1H3;3-8H,1-2H2. The van der Waals surface area contributed by atoms with Crippen LogP contribution in [-0.2, 0) is 0 Å². The lowest BCUT2D eigenvalue weighted by Crippen LogP contribution is -2.31. The van der Waals surface area contributed by atoms with E-state index in [1.807, 2.05) is 0 Å². The van der Waals surface area contributed by atoms with Crippen LogP contribution in [-0.4, -0.2) is 63.8 Å². The molecule has 0 amide bonds. The van der Waals surface area contributed by atoms with Crippen LogP contribution in [0, 0.1) is 0 Å². The lowest BCUT2D eigenvalue weighted by atomic mass is 10.2. The molecule has 0 heterocycles. The summed E-state index contributed by atoms with van der Waals surface area (Å²) in [5.74, 6) is 0.181. The van der Waals surface area contributed by atoms with Crippen LogP contribution < -0.4 is 5.73 Å². The minimum absolute atomic E-state index is 0.181. The molecule has 0 saturated carbocycles. The normalized spacial score (nSPS) is 12.1. The molecule has 0 fully saturated rings. The molecule has 7 nitrogen and oxygen atoms in total. The van der Waals surface area contributed by atoms with E-state index in [9.17, 15) is 4.79 Å². The number of benzene rings is 1. The molecule has 2 unspecified atom stereocenters. The van der Waals surface area contributed by atoms with Crippen molar-refractivity contribution >= 4 is 6.29 Å². The van der Waals surface area contributed by atoms with Gasteiger partial charge in [0, 0.05) is 5.56 Å². The number of unbranched alkanes of at least 4 members (excludes halogenated alkanes) is 1. The third-order valence-electron chi connectivity index (χ3n) is 2.41. The van der Waals surface area contributed by atoms with Crippen LogP contribution in [0.5, 0.6) is 5.75 Å². The summed E-state index contributed by atoms with van der Waals surface area (Å²) in [6.07, 6.45) is 0.677. The number of phenols is 1. The molecule has 7 heteroatoms. The first kappa shape index (κ1) is 22.8. The molecule has 0 aliphatic rings. The number of rotatable bonds is 6. The molecule has 7 N–H and O–H groups in total. The maximum atomic E-state index is 10.0. The zero-order chi connectivity index (χ0) is 17.4. The Kier molecular flexibility index (Phi) is 16.4. The fraction of sp³-hybridized carbons (Fsp3) is 0.533. The minimum Gasteiger partial charge on any atom is -0.508 e. The van der Waals surface area contributed by atoms with Gasteiger partial charge in [0.25, 0.3) is 0 Å². The van der Waals surface area contributed by atoms with E-state index in [1.54, 1.807) is 12.1 Å². The Morgan fingerprint density at radius 2 is 1.55 bits per heavy atom. The second-order valence-corrected chi connectivity index (χ2v) is 4.35. The van der Waals surface area contributed by atoms with Gasteiger partial charge in [0.05, 0.1) is 13.2 Å². The quantitative estimate of drug-likeness (QED) is 0.393. The van der Waals surface area contributed by atoms with Gasteiger partial charge in [0.1, 0.15) is 24.2 Å². The first-order valence-electron chi connectivity index (χ1n) is 6.98. The van der Waals surface area contributed by atoms with E-state index in [0.29, 0.717) is 5.56 Å². The summed E-state index contributed by atoms with van der Waals surface area (Å²) in [5.41, 5.74) is 5.72. The lowest BCUT2D eigenvalue weighted by molar-refractivity contribution is -0.0388. The van der Waals surface area contributed by atoms with E-state index in [4.69, 9.17) is 31.3 Å². The molecule has 0 saturated heterocycles. The van der Waals surface area contributed by atoms with Crippen molar-refractivity contribution in [1.29, 1.82) is 0 Å². The van der Waals surface area contributed by atoms with Crippen molar-refractivity contribution in [1.82, 2.24) is 0 Å². The highest BCUT2D eigenvalue weighted by molar-refractivity contribution is 5.74. The molecule has 1 rings (SSSR count). The molecule has 1 aromatic carbocycles. The largest absolute Gasteiger partial charge is 0.508 e. The SMILES string of the molecule is CCCCN.O=Cc1ccc(O)cc1.OCC(O)C(O)CO. The Labute approximate surface area is 130 Å². The zero-order valence-corrected chi connectivity index (χ0v) is 12.8. The Bertz CT molecular complexity index is 348. The predicted molar refractivity (Wildman–Crippen MR) is 83.6 cm³/mol. The number of aliphatic hydroxyl groups excluding tert-OH is 4. The van der Waals surface area contributed by atoms with Gasteiger partial charge in [-0.15, -0.1) is 0 Å². The van der Waals surface area contributed by atoms with Crippen molar-refractivity contribution in [3.05, 3.63) is 29.8 Å². The van der Waals surface area contributed by atoms with Crippen LogP contribution in [0.1, 0.15) is 30.1 Å². The molecule has 0 aliphatic carbocycles. The Morgan fingerprint density at radius 1 is 1.09 bits per heavy atom. The molecule has 0 radical (unpaired) electrons. The average molecular weight is 317 g/mol. The molecular weight excluding hydrogens is 290 g/mol. The lowest BCUT2D eigenvalue weighted by Gasteiger charge is -2.10. The van der Waals surface area contributed by atoms with Crippen molar-refractivity contribution in [2.24, 2.45) is 5.73 Å². The molecule has 0 aromatic heterocycles. The van der Waals surface area contributed by atoms with Gasteiger partial charge in [-0.25, -0.2) is 0 Å². The van der Waals surface area contributed by atoms with Crippen molar-refractivity contribution in [3.8, 4) is 5.75 Å². The van der Waals surface area contributed by atoms with Gasteiger partial charge in [0.15, 0.2) is 0 Å². The number of carbonyl (C=O) groups excluding carboxylic acids is 1. The zero-order valence-electron chi connectivity index (χ0n) is 12.8. The van der Waals surface area contributed by atoms with Gasteiger partial charge in [-0.1, -0.05) is 13.3 Å². The van der Waals surface area contributed by atoms with E-state index in [-0.39, 0.29) is 5.75 Å². The molecule has 0 aliphatic heterocycles.